The molecule has 0 atom stereocenters. The summed E-state index contributed by atoms with van der Waals surface area (Å²) in [7, 11) is 0. The van der Waals surface area contributed by atoms with Gasteiger partial charge in [-0.2, -0.15) is 5.26 Å². The Hall–Kier alpha value is -3.10. The summed E-state index contributed by atoms with van der Waals surface area (Å²) in [5.74, 6) is -1.10. The first-order valence-electron chi connectivity index (χ1n) is 7.39. The van der Waals surface area contributed by atoms with Crippen LogP contribution >= 0.6 is 11.6 Å². The number of nitrogens with zero attached hydrogens (tertiary/aromatic N) is 1. The SMILES string of the molecule is Cc1ccc(/C=C/C(=O)OCC(=O)Nc2ccc(C#N)cc2)cc1Cl. The maximum Gasteiger partial charge on any atom is 0.331 e. The van der Waals surface area contributed by atoms with Crippen molar-refractivity contribution >= 4 is 35.2 Å². The highest BCUT2D eigenvalue weighted by Gasteiger charge is 2.06. The van der Waals surface area contributed by atoms with Crippen LogP contribution in [0.1, 0.15) is 16.7 Å². The van der Waals surface area contributed by atoms with Crippen LogP contribution in [-0.2, 0) is 14.3 Å². The van der Waals surface area contributed by atoms with Gasteiger partial charge in [0.25, 0.3) is 5.91 Å². The molecule has 1 N–H and O–H groups in total. The lowest BCUT2D eigenvalue weighted by molar-refractivity contribution is -0.142. The van der Waals surface area contributed by atoms with Crippen molar-refractivity contribution in [2.45, 2.75) is 6.92 Å². The molecule has 2 aromatic rings. The van der Waals surface area contributed by atoms with Gasteiger partial charge in [0.05, 0.1) is 11.6 Å². The third-order valence-electron chi connectivity index (χ3n) is 3.25. The minimum Gasteiger partial charge on any atom is -0.452 e. The molecular formula is C19H15ClN2O3. The number of ether oxygens (including phenoxy) is 1. The van der Waals surface area contributed by atoms with Gasteiger partial charge < -0.3 is 10.1 Å². The molecule has 0 aliphatic rings. The number of amides is 1. The van der Waals surface area contributed by atoms with Gasteiger partial charge in [-0.05, 0) is 54.5 Å². The fraction of sp³-hybridized carbons (Fsp3) is 0.105. The zero-order valence-electron chi connectivity index (χ0n) is 13.5. The van der Waals surface area contributed by atoms with E-state index in [0.29, 0.717) is 16.3 Å². The van der Waals surface area contributed by atoms with Gasteiger partial charge in [-0.3, -0.25) is 4.79 Å². The molecule has 0 saturated heterocycles. The summed E-state index contributed by atoms with van der Waals surface area (Å²) in [4.78, 5) is 23.4. The van der Waals surface area contributed by atoms with E-state index in [9.17, 15) is 9.59 Å². The quantitative estimate of drug-likeness (QED) is 0.655. The van der Waals surface area contributed by atoms with Crippen molar-refractivity contribution in [1.29, 1.82) is 5.26 Å². The molecule has 0 radical (unpaired) electrons. The summed E-state index contributed by atoms with van der Waals surface area (Å²) in [6, 6.07) is 13.7. The van der Waals surface area contributed by atoms with Crippen molar-refractivity contribution in [3.63, 3.8) is 0 Å². The van der Waals surface area contributed by atoms with Crippen LogP contribution in [0.3, 0.4) is 0 Å². The van der Waals surface area contributed by atoms with Crippen molar-refractivity contribution in [3.8, 4) is 6.07 Å². The summed E-state index contributed by atoms with van der Waals surface area (Å²) >= 11 is 6.01. The molecule has 6 heteroatoms. The Kier molecular flexibility index (Phi) is 6.33. The Morgan fingerprint density at radius 2 is 1.96 bits per heavy atom. The number of nitrogens with one attached hydrogen (secondary N) is 1. The van der Waals surface area contributed by atoms with E-state index >= 15 is 0 Å². The maximum absolute atomic E-state index is 11.7. The third-order valence-corrected chi connectivity index (χ3v) is 3.66. The van der Waals surface area contributed by atoms with Crippen LogP contribution in [0.5, 0.6) is 0 Å². The number of aryl methyl sites for hydroxylation is 1. The predicted octanol–water partition coefficient (Wildman–Crippen LogP) is 3.72. The normalized spacial score (nSPS) is 10.3. The molecule has 0 aliphatic heterocycles. The third kappa shape index (κ3) is 5.79. The van der Waals surface area contributed by atoms with Crippen LogP contribution in [0.4, 0.5) is 5.69 Å². The number of benzene rings is 2. The topological polar surface area (TPSA) is 79.2 Å². The number of hydrogen-bond acceptors (Lipinski definition) is 4. The number of nitriles is 1. The van der Waals surface area contributed by atoms with Crippen LogP contribution < -0.4 is 5.32 Å². The van der Waals surface area contributed by atoms with Gasteiger partial charge in [-0.25, -0.2) is 4.79 Å². The summed E-state index contributed by atoms with van der Waals surface area (Å²) in [5.41, 5.74) is 2.71. The van der Waals surface area contributed by atoms with Crippen molar-refractivity contribution in [2.24, 2.45) is 0 Å². The van der Waals surface area contributed by atoms with Gasteiger partial charge >= 0.3 is 5.97 Å². The van der Waals surface area contributed by atoms with Crippen LogP contribution in [0, 0.1) is 18.3 Å². The van der Waals surface area contributed by atoms with E-state index < -0.39 is 18.5 Å². The molecule has 0 aromatic heterocycles. The van der Waals surface area contributed by atoms with E-state index in [1.54, 1.807) is 36.4 Å². The molecule has 2 rings (SSSR count). The number of carbonyl (C=O) groups excluding carboxylic acids is 2. The lowest BCUT2D eigenvalue weighted by Gasteiger charge is -2.05. The lowest BCUT2D eigenvalue weighted by atomic mass is 10.1. The van der Waals surface area contributed by atoms with E-state index in [0.717, 1.165) is 11.1 Å². The molecule has 126 valence electrons. The highest BCUT2D eigenvalue weighted by molar-refractivity contribution is 6.31. The monoisotopic (exact) mass is 354 g/mol. The van der Waals surface area contributed by atoms with Gasteiger partial charge in [0.1, 0.15) is 0 Å². The summed E-state index contributed by atoms with van der Waals surface area (Å²) in [6.45, 7) is 1.48. The first kappa shape index (κ1) is 18.2. The molecule has 25 heavy (non-hydrogen) atoms. The van der Waals surface area contributed by atoms with E-state index in [-0.39, 0.29) is 0 Å². The van der Waals surface area contributed by atoms with E-state index in [1.807, 2.05) is 25.1 Å². The fourth-order valence-electron chi connectivity index (χ4n) is 1.89. The Morgan fingerprint density at radius 3 is 2.60 bits per heavy atom. The van der Waals surface area contributed by atoms with Gasteiger partial charge in [0.15, 0.2) is 6.61 Å². The number of halogens is 1. The van der Waals surface area contributed by atoms with Crippen molar-refractivity contribution in [3.05, 3.63) is 70.3 Å². The molecule has 0 aliphatic carbocycles. The molecule has 0 unspecified atom stereocenters. The largest absolute Gasteiger partial charge is 0.452 e. The van der Waals surface area contributed by atoms with Gasteiger partial charge in [0.2, 0.25) is 0 Å². The highest BCUT2D eigenvalue weighted by Crippen LogP contribution is 2.17. The minimum atomic E-state index is -0.633. The molecule has 0 bridgehead atoms. The van der Waals surface area contributed by atoms with Gasteiger partial charge in [-0.1, -0.05) is 23.7 Å². The number of rotatable bonds is 5. The average Bonchev–Trinajstić information content (AvgIpc) is 2.61. The number of anilines is 1. The zero-order valence-corrected chi connectivity index (χ0v) is 14.2. The van der Waals surface area contributed by atoms with Crippen LogP contribution in [0.15, 0.2) is 48.5 Å². The molecule has 0 heterocycles. The standard InChI is InChI=1S/C19H15ClN2O3/c1-13-2-3-14(10-17(13)20)6-9-19(24)25-12-18(23)22-16-7-4-15(11-21)5-8-16/h2-10H,12H2,1H3,(H,22,23)/b9-6+. The molecule has 1 amide bonds. The molecule has 2 aromatic carbocycles. The molecule has 0 saturated carbocycles. The van der Waals surface area contributed by atoms with Crippen molar-refractivity contribution in [2.75, 3.05) is 11.9 Å². The maximum atomic E-state index is 11.7. The molecular weight excluding hydrogens is 340 g/mol. The Labute approximate surface area is 150 Å². The summed E-state index contributed by atoms with van der Waals surface area (Å²) < 4.78 is 4.87. The second kappa shape index (κ2) is 8.67. The Bertz CT molecular complexity index is 852. The van der Waals surface area contributed by atoms with E-state index in [2.05, 4.69) is 5.32 Å². The second-order valence-electron chi connectivity index (χ2n) is 5.19. The number of esters is 1. The average molecular weight is 355 g/mol. The predicted molar refractivity (Wildman–Crippen MR) is 96.0 cm³/mol. The number of hydrogen-bond donors (Lipinski definition) is 1. The first-order chi connectivity index (χ1) is 12.0. The van der Waals surface area contributed by atoms with Crippen LogP contribution in [0.2, 0.25) is 5.02 Å². The van der Waals surface area contributed by atoms with E-state index in [1.165, 1.54) is 6.08 Å². The fourth-order valence-corrected chi connectivity index (χ4v) is 2.08. The lowest BCUT2D eigenvalue weighted by Crippen LogP contribution is -2.20. The van der Waals surface area contributed by atoms with Crippen molar-refractivity contribution < 1.29 is 14.3 Å². The highest BCUT2D eigenvalue weighted by atomic mass is 35.5. The van der Waals surface area contributed by atoms with Gasteiger partial charge in [0, 0.05) is 16.8 Å². The Balaban J connectivity index is 1.82. The first-order valence-corrected chi connectivity index (χ1v) is 7.77. The van der Waals surface area contributed by atoms with Crippen LogP contribution in [0.25, 0.3) is 6.08 Å². The summed E-state index contributed by atoms with van der Waals surface area (Å²) in [6.07, 6.45) is 2.79. The molecule has 0 fully saturated rings. The Morgan fingerprint density at radius 1 is 1.24 bits per heavy atom. The second-order valence-corrected chi connectivity index (χ2v) is 5.59. The van der Waals surface area contributed by atoms with Crippen LogP contribution in [-0.4, -0.2) is 18.5 Å². The van der Waals surface area contributed by atoms with Crippen molar-refractivity contribution in [1.82, 2.24) is 0 Å². The molecule has 0 spiro atoms. The van der Waals surface area contributed by atoms with E-state index in [4.69, 9.17) is 21.6 Å². The zero-order chi connectivity index (χ0) is 18.2. The number of carbonyl (C=O) groups is 2. The molecule has 5 nitrogen and oxygen atoms in total. The van der Waals surface area contributed by atoms with Gasteiger partial charge in [-0.15, -0.1) is 0 Å². The smallest absolute Gasteiger partial charge is 0.331 e. The summed E-state index contributed by atoms with van der Waals surface area (Å²) in [5, 5.41) is 11.9. The minimum absolute atomic E-state index is 0.405.